The lowest BCUT2D eigenvalue weighted by molar-refractivity contribution is -0.384. The number of carbonyl (C=O) groups is 1. The van der Waals surface area contributed by atoms with Gasteiger partial charge in [-0.3, -0.25) is 19.9 Å². The van der Waals surface area contributed by atoms with E-state index in [-0.39, 0.29) is 54.2 Å². The molecule has 7 aromatic rings. The number of ether oxygens (including phenoxy) is 3. The molecule has 10 rings (SSSR count). The first kappa shape index (κ1) is 48.9. The summed E-state index contributed by atoms with van der Waals surface area (Å²) in [5, 5.41) is 19.5. The maximum Gasteiger partial charge on any atom is 0.311 e. The molecule has 3 fully saturated rings. The summed E-state index contributed by atoms with van der Waals surface area (Å²) in [4.78, 5) is 48.4. The van der Waals surface area contributed by atoms with Crippen LogP contribution in [0.3, 0.4) is 0 Å². The molecule has 3 saturated heterocycles. The molecule has 378 valence electrons. The predicted octanol–water partition coefficient (Wildman–Crippen LogP) is 9.82. The first-order valence-electron chi connectivity index (χ1n) is 23.9. The van der Waals surface area contributed by atoms with Gasteiger partial charge in [-0.1, -0.05) is 18.2 Å². The van der Waals surface area contributed by atoms with Crippen LogP contribution >= 0.6 is 10.0 Å². The number of hydrogen-bond acceptors (Lipinski definition) is 14. The Bertz CT molecular complexity index is 3060. The van der Waals surface area contributed by atoms with Crippen molar-refractivity contribution in [3.63, 3.8) is 0 Å². The van der Waals surface area contributed by atoms with E-state index in [9.17, 15) is 19.3 Å². The van der Waals surface area contributed by atoms with Gasteiger partial charge in [0.15, 0.2) is 6.29 Å². The normalized spacial score (nSPS) is 21.8. The van der Waals surface area contributed by atoms with Crippen molar-refractivity contribution in [1.82, 2.24) is 29.6 Å². The number of nitrogens with one attached hydrogen (secondary N) is 1. The number of halogens is 2. The molecular weight excluding hydrogens is 957 g/mol. The zero-order valence-electron chi connectivity index (χ0n) is 40.8. The lowest BCUT2D eigenvalue weighted by Crippen LogP contribution is -2.46. The van der Waals surface area contributed by atoms with Crippen LogP contribution in [0.4, 0.5) is 53.6 Å². The Morgan fingerprint density at radius 2 is 1.64 bits per heavy atom. The number of nitro groups is 1. The minimum Gasteiger partial charge on any atom is -0.488 e. The van der Waals surface area contributed by atoms with E-state index in [0.29, 0.717) is 23.0 Å². The van der Waals surface area contributed by atoms with Gasteiger partial charge < -0.3 is 39.1 Å². The third-order valence-corrected chi connectivity index (χ3v) is 17.0. The number of aromatic nitrogens is 5. The molecule has 1 N–H and O–H groups in total. The minimum atomic E-state index is -1.90. The van der Waals surface area contributed by atoms with Crippen LogP contribution in [0, 0.1) is 21.7 Å². The summed E-state index contributed by atoms with van der Waals surface area (Å²) in [5.41, 5.74) is 3.33. The molecular formula is C53H55F2N11O6S. The molecule has 17 nitrogen and oxygen atoms in total. The number of hydrogen-bond donors (Lipinski definition) is 1. The average molecular weight is 1010 g/mol. The topological polar surface area (TPSA) is 169 Å². The van der Waals surface area contributed by atoms with Crippen molar-refractivity contribution < 1.29 is 32.7 Å². The summed E-state index contributed by atoms with van der Waals surface area (Å²) < 4.78 is 48.7. The Morgan fingerprint density at radius 3 is 2.27 bits per heavy atom. The third kappa shape index (κ3) is 10.1. The third-order valence-electron chi connectivity index (χ3n) is 13.7. The molecule has 3 aliphatic heterocycles. The fourth-order valence-electron chi connectivity index (χ4n) is 9.80. The second-order valence-corrected chi connectivity index (χ2v) is 22.0. The van der Waals surface area contributed by atoms with Gasteiger partial charge in [0.25, 0.3) is 5.24 Å². The smallest absolute Gasteiger partial charge is 0.311 e. The molecule has 0 saturated carbocycles. The van der Waals surface area contributed by atoms with Gasteiger partial charge in [0.2, 0.25) is 5.82 Å². The molecule has 20 heteroatoms. The maximum absolute atomic E-state index is 15.1. The Kier molecular flexibility index (Phi) is 13.7. The van der Waals surface area contributed by atoms with Crippen LogP contribution in [-0.4, -0.2) is 111 Å². The van der Waals surface area contributed by atoms with E-state index in [1.807, 2.05) is 77.5 Å². The summed E-state index contributed by atoms with van der Waals surface area (Å²) in [6.45, 7) is 7.52. The fourth-order valence-corrected chi connectivity index (χ4v) is 12.9. The van der Waals surface area contributed by atoms with Crippen LogP contribution in [0.1, 0.15) is 31.0 Å². The highest BCUT2D eigenvalue weighted by Crippen LogP contribution is 2.63. The molecule has 1 amide bonds. The standard InChI is InChI=1S/C53H55F2N11O6S/c1-36(2)65-48(37-7-10-39(11-8-37)59-51-47(66(68)69)21-22-49(60-51)61(3)42-6-5-23-56-29-42)31-73(4,52(65)67)44-18-14-41(15-19-44)63-26-24-62(25-27-63)40-12-16-43(17-13-40)70-30-50-71-33-53(72-50,32-64-35-57-34-58-64)45-20-9-38(54)28-46(45)55/h5-23,28-29,34-36,48,50H,24-27,30-33H2,1-4H3,(H,59,60)/t48?,50-,53+/m0/s1. The first-order chi connectivity index (χ1) is 35.3. The predicted molar refractivity (Wildman–Crippen MR) is 276 cm³/mol. The van der Waals surface area contributed by atoms with E-state index in [1.54, 1.807) is 18.5 Å². The molecule has 3 aliphatic rings. The van der Waals surface area contributed by atoms with Crippen molar-refractivity contribution in [2.75, 3.05) is 78.5 Å². The average Bonchev–Trinajstić information content (AvgIpc) is 4.14. The van der Waals surface area contributed by atoms with E-state index in [2.05, 4.69) is 79.5 Å². The molecule has 3 aromatic heterocycles. The number of piperazine rings is 1. The van der Waals surface area contributed by atoms with Gasteiger partial charge in [0, 0.05) is 86.0 Å². The van der Waals surface area contributed by atoms with Crippen molar-refractivity contribution in [1.29, 1.82) is 0 Å². The molecule has 73 heavy (non-hydrogen) atoms. The zero-order valence-corrected chi connectivity index (χ0v) is 41.6. The summed E-state index contributed by atoms with van der Waals surface area (Å²) in [7, 11) is -0.0751. The second-order valence-electron chi connectivity index (χ2n) is 18.7. The van der Waals surface area contributed by atoms with Crippen LogP contribution in [-0.2, 0) is 21.6 Å². The number of benzene rings is 4. The minimum absolute atomic E-state index is 0.00904. The van der Waals surface area contributed by atoms with E-state index in [0.717, 1.165) is 59.8 Å². The Morgan fingerprint density at radius 1 is 0.932 bits per heavy atom. The lowest BCUT2D eigenvalue weighted by atomic mass is 9.94. The SMILES string of the molecule is CC(C)N1C(=O)S(C)(c2ccc(N3CCN(c4ccc(OC[C@H]5OC[C@](Cn6cncn6)(c6ccc(F)cc6F)O5)cc4)CC3)cc2)CC1c1ccc(Nc2nc(N(C)c3cccnc3)ccc2[N+](=O)[O-])cc1. The first-order valence-corrected chi connectivity index (χ1v) is 26.1. The number of pyridine rings is 2. The highest BCUT2D eigenvalue weighted by molar-refractivity contribution is 8.45. The van der Waals surface area contributed by atoms with Crippen molar-refractivity contribution in [3.8, 4) is 5.75 Å². The molecule has 0 spiro atoms. The van der Waals surface area contributed by atoms with Crippen molar-refractivity contribution in [3.05, 3.63) is 173 Å². The van der Waals surface area contributed by atoms with Gasteiger partial charge in [-0.2, -0.15) is 5.10 Å². The molecule has 4 aromatic carbocycles. The maximum atomic E-state index is 15.1. The largest absolute Gasteiger partial charge is 0.488 e. The van der Waals surface area contributed by atoms with Crippen molar-refractivity contribution in [2.24, 2.45) is 0 Å². The monoisotopic (exact) mass is 1010 g/mol. The number of carbonyl (C=O) groups excluding carboxylic acids is 1. The summed E-state index contributed by atoms with van der Waals surface area (Å²) in [6.07, 6.45) is 7.56. The summed E-state index contributed by atoms with van der Waals surface area (Å²) in [6, 6.07) is 34.1. The number of rotatable bonds is 16. The highest BCUT2D eigenvalue weighted by Gasteiger charge is 2.48. The van der Waals surface area contributed by atoms with E-state index < -0.39 is 38.5 Å². The Balaban J connectivity index is 0.743. The molecule has 0 aliphatic carbocycles. The lowest BCUT2D eigenvalue weighted by Gasteiger charge is -2.38. The molecule has 0 radical (unpaired) electrons. The van der Waals surface area contributed by atoms with Crippen LogP contribution in [0.25, 0.3) is 0 Å². The molecule has 4 atom stereocenters. The number of amides is 1. The van der Waals surface area contributed by atoms with Gasteiger partial charge >= 0.3 is 5.69 Å². The molecule has 2 unspecified atom stereocenters. The van der Waals surface area contributed by atoms with Crippen molar-refractivity contribution in [2.45, 2.75) is 49.3 Å². The zero-order chi connectivity index (χ0) is 50.9. The summed E-state index contributed by atoms with van der Waals surface area (Å²) >= 11 is 0. The van der Waals surface area contributed by atoms with Crippen molar-refractivity contribution >= 4 is 55.3 Å². The van der Waals surface area contributed by atoms with Gasteiger partial charge in [-0.25, -0.2) is 23.4 Å². The van der Waals surface area contributed by atoms with Gasteiger partial charge in [-0.15, -0.1) is 10.0 Å². The Labute approximate surface area is 422 Å². The number of anilines is 6. The fraction of sp³-hybridized carbons (Fsp3) is 0.302. The van der Waals surface area contributed by atoms with Gasteiger partial charge in [0.1, 0.15) is 48.1 Å². The van der Waals surface area contributed by atoms with Crippen LogP contribution in [0.15, 0.2) is 145 Å². The van der Waals surface area contributed by atoms with Crippen LogP contribution in [0.2, 0.25) is 0 Å². The van der Waals surface area contributed by atoms with Crippen LogP contribution < -0.4 is 24.8 Å². The van der Waals surface area contributed by atoms with Gasteiger partial charge in [0.05, 0.1) is 36.0 Å². The number of nitrogens with zero attached hydrogens (tertiary/aromatic N) is 10. The van der Waals surface area contributed by atoms with E-state index >= 15 is 4.39 Å². The Hall–Kier alpha value is -7.68. The molecule has 0 bridgehead atoms. The molecule has 6 heterocycles. The summed E-state index contributed by atoms with van der Waals surface area (Å²) in [5.74, 6) is 0.500. The van der Waals surface area contributed by atoms with E-state index in [1.165, 1.54) is 35.5 Å². The highest BCUT2D eigenvalue weighted by atomic mass is 32.3. The second kappa shape index (κ2) is 20.4. The van der Waals surface area contributed by atoms with Gasteiger partial charge in [-0.05, 0) is 115 Å². The van der Waals surface area contributed by atoms with E-state index in [4.69, 9.17) is 14.2 Å². The van der Waals surface area contributed by atoms with Crippen LogP contribution in [0.5, 0.6) is 5.75 Å². The quantitative estimate of drug-likeness (QED) is 0.0717.